The highest BCUT2D eigenvalue weighted by Crippen LogP contribution is 2.59. The van der Waals surface area contributed by atoms with Crippen molar-refractivity contribution >= 4 is 50.7 Å². The molecule has 0 saturated carbocycles. The van der Waals surface area contributed by atoms with Crippen LogP contribution in [0.1, 0.15) is 26.3 Å². The maximum atomic E-state index is 15.2. The Kier molecular flexibility index (Phi) is 9.87. The van der Waals surface area contributed by atoms with Gasteiger partial charge in [-0.1, -0.05) is 17.7 Å². The number of hydrogen-bond acceptors (Lipinski definition) is 5. The Morgan fingerprint density at radius 3 is 2.02 bits per heavy atom. The smallest absolute Gasteiger partial charge is 0.404 e. The molecule has 2 aromatic carbocycles. The third-order valence-electron chi connectivity index (χ3n) is 5.71. The molecule has 22 heteroatoms. The Bertz CT molecular complexity index is 1650. The minimum atomic E-state index is -7.28. The summed E-state index contributed by atoms with van der Waals surface area (Å²) in [5, 5.41) is 11.3. The third-order valence-corrected chi connectivity index (χ3v) is 6.56. The van der Waals surface area contributed by atoms with E-state index in [9.17, 15) is 67.5 Å². The van der Waals surface area contributed by atoms with Gasteiger partial charge in [-0.3, -0.25) is 14.8 Å². The number of aromatic nitrogens is 1. The first kappa shape index (κ1) is 36.6. The van der Waals surface area contributed by atoms with E-state index in [0.29, 0.717) is 6.07 Å². The van der Waals surface area contributed by atoms with E-state index in [1.165, 1.54) is 5.32 Å². The standard InChI is InChI=1S/C24H10BrClF13N3O4/c25-12-6-10(20(28,22(31,32)33)21(29,30)23(34,35)36)7-14(46-24(37,38)39)17(12)41-18(43)11-2-1-3-13(16(11)27)42(45)19(44)9-4-5-15(26)40-8-9/h1-8,45H,(H,41,43). The van der Waals surface area contributed by atoms with Gasteiger partial charge in [-0.2, -0.15) is 40.2 Å². The summed E-state index contributed by atoms with van der Waals surface area (Å²) in [5.41, 5.74) is -13.5. The summed E-state index contributed by atoms with van der Waals surface area (Å²) in [4.78, 5) is 28.9. The number of benzene rings is 2. The van der Waals surface area contributed by atoms with Crippen LogP contribution in [0.5, 0.6) is 5.75 Å². The number of carbonyl (C=O) groups excluding carboxylic acids is 2. The van der Waals surface area contributed by atoms with Crippen molar-refractivity contribution in [1.29, 1.82) is 0 Å². The summed E-state index contributed by atoms with van der Waals surface area (Å²) < 4.78 is 179. The molecule has 2 N–H and O–H groups in total. The summed E-state index contributed by atoms with van der Waals surface area (Å²) in [6, 6.07) is 3.05. The zero-order valence-corrected chi connectivity index (χ0v) is 23.7. The molecule has 46 heavy (non-hydrogen) atoms. The number of ether oxygens (including phenoxy) is 1. The van der Waals surface area contributed by atoms with Crippen molar-refractivity contribution in [3.05, 3.63) is 80.8 Å². The second-order valence-electron chi connectivity index (χ2n) is 8.69. The first-order valence-corrected chi connectivity index (χ1v) is 12.5. The number of carbonyl (C=O) groups is 2. The minimum absolute atomic E-state index is 0.0800. The van der Waals surface area contributed by atoms with Crippen LogP contribution in [-0.4, -0.2) is 46.6 Å². The van der Waals surface area contributed by atoms with E-state index in [1.54, 1.807) is 0 Å². The second kappa shape index (κ2) is 12.4. The van der Waals surface area contributed by atoms with Crippen molar-refractivity contribution < 1.29 is 76.6 Å². The van der Waals surface area contributed by atoms with Crippen LogP contribution in [0.3, 0.4) is 0 Å². The number of nitrogens with one attached hydrogen (secondary N) is 1. The van der Waals surface area contributed by atoms with Crippen molar-refractivity contribution in [2.24, 2.45) is 0 Å². The molecule has 1 aromatic heterocycles. The van der Waals surface area contributed by atoms with E-state index >= 15 is 4.39 Å². The molecule has 7 nitrogen and oxygen atoms in total. The molecule has 1 heterocycles. The lowest BCUT2D eigenvalue weighted by molar-refractivity contribution is -0.389. The van der Waals surface area contributed by atoms with Crippen molar-refractivity contribution in [2.45, 2.75) is 30.3 Å². The molecule has 0 fully saturated rings. The molecule has 0 bridgehead atoms. The lowest BCUT2D eigenvalue weighted by Crippen LogP contribution is -2.59. The number of hydroxylamine groups is 1. The van der Waals surface area contributed by atoms with Crippen molar-refractivity contribution in [3.63, 3.8) is 0 Å². The van der Waals surface area contributed by atoms with Crippen LogP contribution in [0.4, 0.5) is 68.5 Å². The van der Waals surface area contributed by atoms with Gasteiger partial charge in [0.1, 0.15) is 10.8 Å². The molecule has 250 valence electrons. The summed E-state index contributed by atoms with van der Waals surface area (Å²) >= 11 is 7.85. The minimum Gasteiger partial charge on any atom is -0.404 e. The first-order chi connectivity index (χ1) is 20.8. The number of hydrogen-bond donors (Lipinski definition) is 2. The fraction of sp³-hybridized carbons (Fsp3) is 0.208. The van der Waals surface area contributed by atoms with Crippen LogP contribution >= 0.6 is 27.5 Å². The fourth-order valence-corrected chi connectivity index (χ4v) is 4.25. The Hall–Kier alpha value is -3.85. The van der Waals surface area contributed by atoms with Crippen LogP contribution < -0.4 is 15.1 Å². The topological polar surface area (TPSA) is 91.8 Å². The Morgan fingerprint density at radius 1 is 0.913 bits per heavy atom. The number of rotatable bonds is 7. The van der Waals surface area contributed by atoms with Crippen molar-refractivity contribution in [3.8, 4) is 5.75 Å². The van der Waals surface area contributed by atoms with Gasteiger partial charge >= 0.3 is 30.3 Å². The predicted octanol–water partition coefficient (Wildman–Crippen LogP) is 8.75. The predicted molar refractivity (Wildman–Crippen MR) is 133 cm³/mol. The normalized spacial score (nSPS) is 14.0. The van der Waals surface area contributed by atoms with E-state index in [0.717, 1.165) is 30.5 Å². The van der Waals surface area contributed by atoms with E-state index < -0.39 is 92.8 Å². The van der Waals surface area contributed by atoms with Crippen LogP contribution in [-0.2, 0) is 5.67 Å². The van der Waals surface area contributed by atoms with Crippen LogP contribution in [0, 0.1) is 5.82 Å². The molecule has 0 saturated heterocycles. The monoisotopic (exact) mass is 765 g/mol. The Labute approximate surface area is 259 Å². The number of anilines is 2. The fourth-order valence-electron chi connectivity index (χ4n) is 3.60. The number of alkyl halides is 12. The molecule has 2 amide bonds. The molecule has 0 aliphatic rings. The Balaban J connectivity index is 2.12. The number of amides is 2. The summed E-state index contributed by atoms with van der Waals surface area (Å²) in [6.07, 6.45) is -19.4. The highest BCUT2D eigenvalue weighted by Gasteiger charge is 2.81. The van der Waals surface area contributed by atoms with E-state index in [-0.39, 0.29) is 15.8 Å². The lowest BCUT2D eigenvalue weighted by atomic mass is 9.87. The zero-order chi connectivity index (χ0) is 35.2. The summed E-state index contributed by atoms with van der Waals surface area (Å²) in [6.45, 7) is 0. The molecule has 0 radical (unpaired) electrons. The number of pyridine rings is 1. The largest absolute Gasteiger partial charge is 0.573 e. The molecule has 3 rings (SSSR count). The average molecular weight is 767 g/mol. The summed E-state index contributed by atoms with van der Waals surface area (Å²) in [7, 11) is 0. The number of halogens is 15. The quantitative estimate of drug-likeness (QED) is 0.109. The maximum absolute atomic E-state index is 15.2. The van der Waals surface area contributed by atoms with Gasteiger partial charge in [0.2, 0.25) is 0 Å². The van der Waals surface area contributed by atoms with Gasteiger partial charge in [-0.25, -0.2) is 13.8 Å². The van der Waals surface area contributed by atoms with Gasteiger partial charge in [0.05, 0.1) is 16.8 Å². The molecular formula is C24H10BrClF13N3O4. The Morgan fingerprint density at radius 2 is 1.52 bits per heavy atom. The first-order valence-electron chi connectivity index (χ1n) is 11.4. The van der Waals surface area contributed by atoms with Crippen molar-refractivity contribution in [2.75, 3.05) is 10.4 Å². The molecule has 1 atom stereocenters. The molecule has 3 aromatic rings. The van der Waals surface area contributed by atoms with Gasteiger partial charge in [-0.05, 0) is 52.3 Å². The molecule has 0 spiro atoms. The highest BCUT2D eigenvalue weighted by molar-refractivity contribution is 9.10. The van der Waals surface area contributed by atoms with E-state index in [4.69, 9.17) is 11.6 Å². The van der Waals surface area contributed by atoms with E-state index in [1.807, 2.05) is 0 Å². The average Bonchev–Trinajstić information content (AvgIpc) is 2.91. The van der Waals surface area contributed by atoms with Crippen LogP contribution in [0.25, 0.3) is 0 Å². The number of nitrogens with zero attached hydrogens (tertiary/aromatic N) is 2. The van der Waals surface area contributed by atoms with Gasteiger partial charge in [0, 0.05) is 16.2 Å². The van der Waals surface area contributed by atoms with E-state index in [2.05, 4.69) is 25.7 Å². The second-order valence-corrected chi connectivity index (χ2v) is 9.93. The van der Waals surface area contributed by atoms with Gasteiger partial charge in [0.15, 0.2) is 11.6 Å². The SMILES string of the molecule is O=C(Nc1c(Br)cc(C(F)(C(F)(F)F)C(F)(F)C(F)(F)F)cc1OC(F)(F)F)c1cccc(N(O)C(=O)c2ccc(Cl)nc2)c1F. The van der Waals surface area contributed by atoms with Crippen LogP contribution in [0.2, 0.25) is 5.15 Å². The molecule has 0 aliphatic carbocycles. The van der Waals surface area contributed by atoms with Gasteiger partial charge in [0.25, 0.3) is 11.8 Å². The lowest BCUT2D eigenvalue weighted by Gasteiger charge is -2.36. The zero-order valence-electron chi connectivity index (χ0n) is 21.4. The molecule has 0 aliphatic heterocycles. The highest BCUT2D eigenvalue weighted by atomic mass is 79.9. The van der Waals surface area contributed by atoms with Crippen LogP contribution in [0.15, 0.2) is 53.1 Å². The molecule has 1 unspecified atom stereocenters. The maximum Gasteiger partial charge on any atom is 0.573 e. The van der Waals surface area contributed by atoms with Gasteiger partial charge < -0.3 is 10.1 Å². The van der Waals surface area contributed by atoms with Gasteiger partial charge in [-0.15, -0.1) is 13.2 Å². The third kappa shape index (κ3) is 6.94. The van der Waals surface area contributed by atoms with Crippen molar-refractivity contribution in [1.82, 2.24) is 4.98 Å². The molecular weight excluding hydrogens is 757 g/mol. The summed E-state index contributed by atoms with van der Waals surface area (Å²) in [5.74, 6) is -14.3.